The Morgan fingerprint density at radius 2 is 1.00 bits per heavy atom. The fourth-order valence-corrected chi connectivity index (χ4v) is 0. The van der Waals surface area contributed by atoms with Gasteiger partial charge in [-0.3, -0.25) is 0 Å². The summed E-state index contributed by atoms with van der Waals surface area (Å²) in [4.78, 5) is 0. The smallest absolute Gasteiger partial charge is 0.0777 e. The third-order valence-electron chi connectivity index (χ3n) is 0. The molecule has 0 aromatic carbocycles. The lowest BCUT2D eigenvalue weighted by Crippen LogP contribution is -2.58. The topological polar surface area (TPSA) is 89.4 Å². The lowest BCUT2D eigenvalue weighted by Gasteiger charge is -2.03. The molecule has 0 saturated heterocycles. The Balaban J connectivity index is -0.0000000800. The highest BCUT2D eigenvalue weighted by molar-refractivity contribution is 5.85. The normalized spacial score (nSPS) is 8.57. The Morgan fingerprint density at radius 1 is 1.00 bits per heavy atom. The molecule has 0 atom stereocenters. The lowest BCUT2D eigenvalue weighted by molar-refractivity contribution is -1.92. The molecule has 0 aliphatic rings. The molecule has 0 saturated carbocycles. The number of hydrogen-bond donors (Lipinski definition) is 1. The summed E-state index contributed by atoms with van der Waals surface area (Å²) in [7, 11) is -4.69. The summed E-state index contributed by atoms with van der Waals surface area (Å²) in [6.07, 6.45) is 0. The van der Waals surface area contributed by atoms with Crippen molar-refractivity contribution in [1.82, 2.24) is 0 Å². The van der Waals surface area contributed by atoms with Gasteiger partial charge < -0.3 is 0 Å². The molecule has 0 aromatic heterocycles. The Kier molecular flexibility index (Phi) is 10.9. The first-order valence-corrected chi connectivity index (χ1v) is 1.90. The molecule has 48 valence electrons. The van der Waals surface area contributed by atoms with E-state index in [0.717, 1.165) is 0 Å². The van der Waals surface area contributed by atoms with Crippen LogP contribution in [-0.4, -0.2) is 4.66 Å². The van der Waals surface area contributed by atoms with Crippen molar-refractivity contribution in [2.75, 3.05) is 0 Å². The van der Waals surface area contributed by atoms with E-state index in [1.807, 2.05) is 0 Å². The van der Waals surface area contributed by atoms with E-state index in [0.29, 0.717) is 0 Å². The van der Waals surface area contributed by atoms with Crippen molar-refractivity contribution in [3.8, 4) is 0 Å². The van der Waals surface area contributed by atoms with E-state index >= 15 is 0 Å². The van der Waals surface area contributed by atoms with Gasteiger partial charge in [-0.15, -0.1) is 24.8 Å². The fourth-order valence-electron chi connectivity index (χ4n) is 0. The van der Waals surface area contributed by atoms with E-state index < -0.39 is 10.2 Å². The first-order valence-electron chi connectivity index (χ1n) is 0.632. The summed E-state index contributed by atoms with van der Waals surface area (Å²) >= 11 is 0. The highest BCUT2D eigenvalue weighted by atomic mass is 35.7. The molecular formula is H3Cl3O4. The van der Waals surface area contributed by atoms with Gasteiger partial charge in [0.05, 0.1) is 14.9 Å². The second kappa shape index (κ2) is 4.86. The maximum atomic E-state index is 8.60. The molecule has 0 heterocycles. The van der Waals surface area contributed by atoms with Crippen LogP contribution in [-0.2, 0) is 0 Å². The van der Waals surface area contributed by atoms with E-state index in [1.54, 1.807) is 0 Å². The van der Waals surface area contributed by atoms with Gasteiger partial charge in [-0.2, -0.15) is 14.0 Å². The maximum Gasteiger partial charge on any atom is 0.0777 e. The van der Waals surface area contributed by atoms with E-state index in [2.05, 4.69) is 0 Å². The van der Waals surface area contributed by atoms with Gasteiger partial charge in [-0.1, -0.05) is 0 Å². The molecule has 0 amide bonds. The van der Waals surface area contributed by atoms with Crippen molar-refractivity contribution in [3.05, 3.63) is 0 Å². The molecule has 0 fully saturated rings. The van der Waals surface area contributed by atoms with Crippen LogP contribution >= 0.6 is 24.8 Å². The SMILES string of the molecule is Cl.Cl.[O-][Cl+3]([O-])([O-])O. The van der Waals surface area contributed by atoms with Crippen LogP contribution in [0.4, 0.5) is 0 Å². The predicted octanol–water partition coefficient (Wildman–Crippen LogP) is -3.28. The van der Waals surface area contributed by atoms with Crippen LogP contribution in [0.5, 0.6) is 0 Å². The minimum atomic E-state index is -4.69. The van der Waals surface area contributed by atoms with Gasteiger partial charge in [0.1, 0.15) is 0 Å². The summed E-state index contributed by atoms with van der Waals surface area (Å²) in [5.74, 6) is 0. The average Bonchev–Trinajstić information content (AvgIpc) is 0.722. The van der Waals surface area contributed by atoms with Crippen LogP contribution in [0.3, 0.4) is 0 Å². The second-order valence-electron chi connectivity index (χ2n) is 0.396. The monoisotopic (exact) mass is 172 g/mol. The van der Waals surface area contributed by atoms with Gasteiger partial charge in [-0.05, 0) is 0 Å². The minimum absolute atomic E-state index is 0. The minimum Gasteiger partial charge on any atom is -0.183 e. The van der Waals surface area contributed by atoms with Gasteiger partial charge in [0, 0.05) is 0 Å². The molecule has 7 heavy (non-hydrogen) atoms. The Hall–Kier alpha value is 0.710. The van der Waals surface area contributed by atoms with E-state index in [9.17, 15) is 0 Å². The first kappa shape index (κ1) is 15.6. The lowest BCUT2D eigenvalue weighted by atomic mass is 15.8. The van der Waals surface area contributed by atoms with E-state index in [1.165, 1.54) is 0 Å². The first-order chi connectivity index (χ1) is 2.00. The fraction of sp³-hybridized carbons (Fsp3) is 0. The summed E-state index contributed by atoms with van der Waals surface area (Å²) in [5, 5.41) is 0. The van der Waals surface area contributed by atoms with Crippen molar-refractivity contribution in [2.24, 2.45) is 0 Å². The molecule has 0 aromatic rings. The highest BCUT2D eigenvalue weighted by Gasteiger charge is 1.98. The molecule has 0 radical (unpaired) electrons. The third-order valence-corrected chi connectivity index (χ3v) is 0. The average molecular weight is 173 g/mol. The predicted molar refractivity (Wildman–Crippen MR) is 16.7 cm³/mol. The van der Waals surface area contributed by atoms with Crippen molar-refractivity contribution in [1.29, 1.82) is 0 Å². The summed E-state index contributed by atoms with van der Waals surface area (Å²) in [5.41, 5.74) is 0. The molecule has 0 spiro atoms. The Bertz CT molecular complexity index is 22.4. The molecule has 7 heteroatoms. The molecule has 0 rings (SSSR count). The van der Waals surface area contributed by atoms with Crippen molar-refractivity contribution < 1.29 is 28.9 Å². The zero-order valence-corrected chi connectivity index (χ0v) is 5.26. The summed E-state index contributed by atoms with van der Waals surface area (Å²) < 4.78 is 32.7. The second-order valence-corrected chi connectivity index (χ2v) is 1.19. The van der Waals surface area contributed by atoms with Gasteiger partial charge in [0.25, 0.3) is 0 Å². The third kappa shape index (κ3) is 295. The molecule has 0 aliphatic heterocycles. The largest absolute Gasteiger partial charge is 0.183 e. The van der Waals surface area contributed by atoms with Crippen molar-refractivity contribution in [3.63, 3.8) is 0 Å². The van der Waals surface area contributed by atoms with Crippen LogP contribution < -0.4 is 14.0 Å². The van der Waals surface area contributed by atoms with Gasteiger partial charge in [0.2, 0.25) is 0 Å². The molecule has 4 nitrogen and oxygen atoms in total. The molecule has 0 bridgehead atoms. The van der Waals surface area contributed by atoms with Crippen LogP contribution in [0.25, 0.3) is 0 Å². The molecule has 0 aliphatic carbocycles. The molecule has 1 N–H and O–H groups in total. The maximum absolute atomic E-state index is 8.60. The highest BCUT2D eigenvalue weighted by Crippen LogP contribution is 1.60. The number of halogens is 3. The van der Waals surface area contributed by atoms with Gasteiger partial charge in [-0.25, -0.2) is 0 Å². The van der Waals surface area contributed by atoms with Gasteiger partial charge in [0.15, 0.2) is 0 Å². The van der Waals surface area contributed by atoms with Crippen molar-refractivity contribution in [2.45, 2.75) is 0 Å². The van der Waals surface area contributed by atoms with E-state index in [-0.39, 0.29) is 24.8 Å². The number of hydrogen-bond acceptors (Lipinski definition) is 4. The number of rotatable bonds is 0. The van der Waals surface area contributed by atoms with Crippen LogP contribution in [0, 0.1) is 10.2 Å². The summed E-state index contributed by atoms with van der Waals surface area (Å²) in [6.45, 7) is 0. The molecule has 0 unspecified atom stereocenters. The Morgan fingerprint density at radius 3 is 1.00 bits per heavy atom. The van der Waals surface area contributed by atoms with Crippen molar-refractivity contribution >= 4 is 24.8 Å². The zero-order chi connectivity index (χ0) is 4.50. The van der Waals surface area contributed by atoms with Crippen LogP contribution in [0.2, 0.25) is 0 Å². The molecular weight excluding hydrogens is 170 g/mol. The van der Waals surface area contributed by atoms with Crippen LogP contribution in [0.1, 0.15) is 0 Å². The summed E-state index contributed by atoms with van der Waals surface area (Å²) in [6, 6.07) is 0. The Labute approximate surface area is 54.3 Å². The standard InChI is InChI=1S/ClHO4.2ClH/c2-1(3,4)5;;/h(H,2,3,4,5);2*1H. The van der Waals surface area contributed by atoms with E-state index in [4.69, 9.17) is 18.6 Å². The zero-order valence-electron chi connectivity index (χ0n) is 2.87. The van der Waals surface area contributed by atoms with Crippen LogP contribution in [0.15, 0.2) is 0 Å². The van der Waals surface area contributed by atoms with Gasteiger partial charge >= 0.3 is 0 Å². The quantitative estimate of drug-likeness (QED) is 0.416.